The number of pyridine rings is 1. The number of fused-ring (bicyclic) bond motifs is 1. The third kappa shape index (κ3) is 7.12. The highest BCUT2D eigenvalue weighted by Gasteiger charge is 2.25. The standard InChI is InChI=1S/C55H47N3O/c1-35-27-37(3)53(59)48(28-35)54-57-52-45(42-30-43(32-44(31-42)55(4,5)6)49-33-41(25-26-56-49)38-17-10-7-11-18-38)23-16-24-50(52)58(54)51-34-46(39-19-12-8-13-20-39)36(2)29-47(51)40-21-14-9-15-22-40/h7-34,59H,1-6H3/i7D,10D,11D,17D,18D,25D,26D,33D. The van der Waals surface area contributed by atoms with E-state index in [1.807, 2.05) is 92.7 Å². The number of aromatic hydroxyl groups is 1. The van der Waals surface area contributed by atoms with Crippen LogP contribution in [0.4, 0.5) is 0 Å². The lowest BCUT2D eigenvalue weighted by atomic mass is 9.83. The van der Waals surface area contributed by atoms with Crippen LogP contribution < -0.4 is 0 Å². The SMILES string of the molecule is [2H]c1nc(-c2cc(-c3cccc4c3nc(-c3cc(C)cc(C)c3O)n4-c3cc(-c4ccccc4)c(C)cc3-c3ccccc3)cc(C(C)(C)C)c2)c([2H])c(-c2c([2H])c([2H])c([2H])c([2H])c2[2H])c1[2H]. The van der Waals surface area contributed by atoms with Crippen LogP contribution in [0, 0.1) is 20.8 Å². The Kier molecular flexibility index (Phi) is 7.45. The Morgan fingerprint density at radius 1 is 0.576 bits per heavy atom. The van der Waals surface area contributed by atoms with Gasteiger partial charge in [-0.05, 0) is 130 Å². The number of hydrogen-bond acceptors (Lipinski definition) is 3. The van der Waals surface area contributed by atoms with Crippen LogP contribution >= 0.6 is 0 Å². The van der Waals surface area contributed by atoms with Crippen molar-refractivity contribution in [2.24, 2.45) is 0 Å². The lowest BCUT2D eigenvalue weighted by Gasteiger charge is -2.22. The van der Waals surface area contributed by atoms with E-state index >= 15 is 0 Å². The third-order valence-electron chi connectivity index (χ3n) is 10.8. The maximum absolute atomic E-state index is 11.9. The van der Waals surface area contributed by atoms with Gasteiger partial charge in [-0.2, -0.15) is 0 Å². The van der Waals surface area contributed by atoms with E-state index in [0.717, 1.165) is 61.3 Å². The number of phenolic OH excluding ortho intramolecular Hbond substituents is 1. The number of aryl methyl sites for hydroxylation is 3. The van der Waals surface area contributed by atoms with Crippen molar-refractivity contribution in [1.82, 2.24) is 14.5 Å². The van der Waals surface area contributed by atoms with Gasteiger partial charge >= 0.3 is 0 Å². The normalized spacial score (nSPS) is 13.5. The summed E-state index contributed by atoms with van der Waals surface area (Å²) in [6.07, 6.45) is -0.503. The van der Waals surface area contributed by atoms with E-state index in [0.29, 0.717) is 28.0 Å². The molecule has 59 heavy (non-hydrogen) atoms. The summed E-state index contributed by atoms with van der Waals surface area (Å²) in [6, 6.07) is 36.8. The van der Waals surface area contributed by atoms with Gasteiger partial charge in [0.1, 0.15) is 11.6 Å². The molecule has 2 aromatic heterocycles. The molecule has 0 bridgehead atoms. The largest absolute Gasteiger partial charge is 0.507 e. The van der Waals surface area contributed by atoms with E-state index in [4.69, 9.17) is 14.6 Å². The van der Waals surface area contributed by atoms with Gasteiger partial charge in [-0.25, -0.2) is 4.98 Å². The Morgan fingerprint density at radius 2 is 1.27 bits per heavy atom. The first-order valence-corrected chi connectivity index (χ1v) is 19.6. The maximum atomic E-state index is 11.9. The number of benzene rings is 7. The predicted molar refractivity (Wildman–Crippen MR) is 246 cm³/mol. The second-order valence-electron chi connectivity index (χ2n) is 16.1. The average Bonchev–Trinajstić information content (AvgIpc) is 3.70. The zero-order valence-electron chi connectivity index (χ0n) is 41.8. The number of phenols is 1. The van der Waals surface area contributed by atoms with E-state index < -0.39 is 47.8 Å². The molecule has 0 saturated carbocycles. The van der Waals surface area contributed by atoms with Gasteiger partial charge in [0.25, 0.3) is 0 Å². The first-order valence-electron chi connectivity index (χ1n) is 23.6. The minimum absolute atomic E-state index is 0.0225. The highest BCUT2D eigenvalue weighted by Crippen LogP contribution is 2.44. The molecule has 0 fully saturated rings. The predicted octanol–water partition coefficient (Wildman–Crippen LogP) is 14.4. The number of imidazole rings is 1. The molecule has 7 aromatic carbocycles. The van der Waals surface area contributed by atoms with Crippen molar-refractivity contribution in [2.75, 3.05) is 0 Å². The number of nitrogens with zero attached hydrogens (tertiary/aromatic N) is 3. The number of hydrogen-bond donors (Lipinski definition) is 1. The van der Waals surface area contributed by atoms with E-state index in [9.17, 15) is 6.48 Å². The van der Waals surface area contributed by atoms with Crippen LogP contribution in [0.3, 0.4) is 0 Å². The van der Waals surface area contributed by atoms with Crippen LogP contribution in [0.15, 0.2) is 170 Å². The third-order valence-corrected chi connectivity index (χ3v) is 10.8. The highest BCUT2D eigenvalue weighted by atomic mass is 16.3. The van der Waals surface area contributed by atoms with Crippen molar-refractivity contribution in [3.8, 4) is 78.6 Å². The summed E-state index contributed by atoms with van der Waals surface area (Å²) in [6.45, 7) is 12.2. The minimum atomic E-state index is -0.601. The molecule has 0 aliphatic rings. The molecule has 9 rings (SSSR count). The van der Waals surface area contributed by atoms with Crippen LogP contribution in [0.5, 0.6) is 5.75 Å². The Morgan fingerprint density at radius 3 is 1.98 bits per heavy atom. The topological polar surface area (TPSA) is 50.9 Å². The fourth-order valence-electron chi connectivity index (χ4n) is 7.85. The maximum Gasteiger partial charge on any atom is 0.149 e. The zero-order chi connectivity index (χ0) is 47.8. The van der Waals surface area contributed by atoms with E-state index in [2.05, 4.69) is 79.7 Å². The Bertz CT molecular complexity index is 3440. The number of aromatic nitrogens is 3. The molecule has 0 radical (unpaired) electrons. The fourth-order valence-corrected chi connectivity index (χ4v) is 7.85. The van der Waals surface area contributed by atoms with Gasteiger partial charge in [-0.15, -0.1) is 0 Å². The van der Waals surface area contributed by atoms with E-state index in [1.165, 1.54) is 0 Å². The molecular weight excluding hydrogens is 719 g/mol. The molecule has 0 saturated heterocycles. The molecule has 0 aliphatic heterocycles. The average molecular weight is 774 g/mol. The highest BCUT2D eigenvalue weighted by molar-refractivity contribution is 5.98. The van der Waals surface area contributed by atoms with Crippen molar-refractivity contribution < 1.29 is 16.1 Å². The molecule has 4 nitrogen and oxygen atoms in total. The summed E-state index contributed by atoms with van der Waals surface area (Å²) in [4.78, 5) is 9.94. The van der Waals surface area contributed by atoms with Gasteiger partial charge in [0.05, 0.1) is 38.9 Å². The second kappa shape index (κ2) is 15.0. The van der Waals surface area contributed by atoms with Crippen molar-refractivity contribution in [3.05, 3.63) is 192 Å². The Hall–Kier alpha value is -7.04. The number of rotatable bonds is 7. The molecule has 0 spiro atoms. The van der Waals surface area contributed by atoms with Crippen molar-refractivity contribution >= 4 is 11.0 Å². The molecule has 2 heterocycles. The van der Waals surface area contributed by atoms with Crippen molar-refractivity contribution in [1.29, 1.82) is 0 Å². The van der Waals surface area contributed by atoms with Crippen LogP contribution in [0.1, 0.15) is 54.0 Å². The molecule has 0 unspecified atom stereocenters. The van der Waals surface area contributed by atoms with Crippen molar-refractivity contribution in [2.45, 2.75) is 47.0 Å². The monoisotopic (exact) mass is 773 g/mol. The van der Waals surface area contributed by atoms with Crippen LogP contribution in [-0.4, -0.2) is 19.6 Å². The minimum Gasteiger partial charge on any atom is -0.507 e. The second-order valence-corrected chi connectivity index (χ2v) is 16.1. The van der Waals surface area contributed by atoms with Gasteiger partial charge in [0, 0.05) is 22.9 Å². The first-order chi connectivity index (χ1) is 31.8. The van der Waals surface area contributed by atoms with E-state index in [1.54, 1.807) is 0 Å². The number of para-hydroxylation sites is 1. The Balaban J connectivity index is 1.37. The fraction of sp³-hybridized carbons (Fsp3) is 0.127. The van der Waals surface area contributed by atoms with Gasteiger partial charge < -0.3 is 5.11 Å². The summed E-state index contributed by atoms with van der Waals surface area (Å²) >= 11 is 0. The lowest BCUT2D eigenvalue weighted by Crippen LogP contribution is -2.11. The van der Waals surface area contributed by atoms with Gasteiger partial charge in [-0.3, -0.25) is 9.55 Å². The summed E-state index contributed by atoms with van der Waals surface area (Å²) in [7, 11) is 0. The zero-order valence-corrected chi connectivity index (χ0v) is 33.8. The summed E-state index contributed by atoms with van der Waals surface area (Å²) in [5.41, 5.74) is 11.4. The molecular formula is C55H47N3O. The van der Waals surface area contributed by atoms with Crippen molar-refractivity contribution in [3.63, 3.8) is 0 Å². The summed E-state index contributed by atoms with van der Waals surface area (Å²) in [5.74, 6) is 0.646. The van der Waals surface area contributed by atoms with Crippen LogP contribution in [0.25, 0.3) is 83.9 Å². The quantitative estimate of drug-likeness (QED) is 0.175. The summed E-state index contributed by atoms with van der Waals surface area (Å²) in [5, 5.41) is 11.9. The molecule has 0 amide bonds. The Labute approximate surface area is 358 Å². The first kappa shape index (κ1) is 29.2. The lowest BCUT2D eigenvalue weighted by molar-refractivity contribution is 0.472. The molecule has 1 N–H and O–H groups in total. The van der Waals surface area contributed by atoms with Gasteiger partial charge in [0.15, 0.2) is 0 Å². The summed E-state index contributed by atoms with van der Waals surface area (Å²) < 4.78 is 71.6. The van der Waals surface area contributed by atoms with Gasteiger partial charge in [-0.1, -0.05) is 136 Å². The van der Waals surface area contributed by atoms with E-state index in [-0.39, 0.29) is 28.6 Å². The molecule has 0 atom stereocenters. The van der Waals surface area contributed by atoms with Crippen LogP contribution in [-0.2, 0) is 5.41 Å². The molecule has 0 aliphatic carbocycles. The molecule has 288 valence electrons. The molecule has 4 heteroatoms. The van der Waals surface area contributed by atoms with Gasteiger partial charge in [0.2, 0.25) is 0 Å². The van der Waals surface area contributed by atoms with Crippen LogP contribution in [0.2, 0.25) is 0 Å². The smallest absolute Gasteiger partial charge is 0.149 e. The molecule has 9 aromatic rings.